The van der Waals surface area contributed by atoms with E-state index in [0.29, 0.717) is 24.5 Å². The summed E-state index contributed by atoms with van der Waals surface area (Å²) in [4.78, 5) is 33.8. The monoisotopic (exact) mass is 348 g/mol. The van der Waals surface area contributed by atoms with Crippen molar-refractivity contribution in [3.05, 3.63) is 29.8 Å². The number of rotatable bonds is 7. The van der Waals surface area contributed by atoms with E-state index in [-0.39, 0.29) is 12.7 Å². The highest BCUT2D eigenvalue weighted by Crippen LogP contribution is 2.11. The van der Waals surface area contributed by atoms with Crippen LogP contribution in [0.2, 0.25) is 0 Å². The van der Waals surface area contributed by atoms with Gasteiger partial charge in [0.25, 0.3) is 5.91 Å². The first-order chi connectivity index (χ1) is 12.0. The minimum Gasteiger partial charge on any atom is -0.484 e. The number of hydrazone groups is 1. The molecule has 0 aromatic heterocycles. The molecule has 9 heteroatoms. The Labute approximate surface area is 144 Å². The van der Waals surface area contributed by atoms with Gasteiger partial charge >= 0.3 is 11.8 Å². The van der Waals surface area contributed by atoms with Crippen LogP contribution in [0, 0.1) is 0 Å². The van der Waals surface area contributed by atoms with Crippen molar-refractivity contribution in [3.8, 4) is 5.75 Å². The number of carbonyl (C=O) groups is 3. The van der Waals surface area contributed by atoms with Crippen molar-refractivity contribution in [2.24, 2.45) is 10.8 Å². The molecule has 2 rings (SSSR count). The number of hydrogen-bond donors (Lipinski definition) is 3. The zero-order chi connectivity index (χ0) is 18.1. The van der Waals surface area contributed by atoms with Gasteiger partial charge in [0.2, 0.25) is 0 Å². The summed E-state index contributed by atoms with van der Waals surface area (Å²) in [6, 6.07) is 6.59. The molecule has 0 radical (unpaired) electrons. The molecule has 1 unspecified atom stereocenters. The molecule has 1 atom stereocenters. The smallest absolute Gasteiger partial charge is 0.329 e. The fraction of sp³-hybridized carbons (Fsp3) is 0.375. The minimum atomic E-state index is -0.851. The molecule has 134 valence electrons. The largest absolute Gasteiger partial charge is 0.484 e. The lowest BCUT2D eigenvalue weighted by Gasteiger charge is -2.09. The van der Waals surface area contributed by atoms with Crippen LogP contribution in [0.4, 0.5) is 0 Å². The molecule has 9 nitrogen and oxygen atoms in total. The third-order valence-electron chi connectivity index (χ3n) is 3.36. The summed E-state index contributed by atoms with van der Waals surface area (Å²) in [6.07, 6.45) is 3.18. The van der Waals surface area contributed by atoms with Gasteiger partial charge in [0, 0.05) is 13.2 Å². The summed E-state index contributed by atoms with van der Waals surface area (Å²) >= 11 is 0. The van der Waals surface area contributed by atoms with Crippen molar-refractivity contribution in [1.82, 2.24) is 10.7 Å². The van der Waals surface area contributed by atoms with Gasteiger partial charge in [-0.1, -0.05) is 0 Å². The third kappa shape index (κ3) is 6.60. The Kier molecular flexibility index (Phi) is 6.90. The molecule has 1 heterocycles. The second-order valence-corrected chi connectivity index (χ2v) is 5.37. The number of nitrogens with zero attached hydrogens (tertiary/aromatic N) is 1. The molecule has 1 aliphatic rings. The van der Waals surface area contributed by atoms with E-state index < -0.39 is 17.7 Å². The van der Waals surface area contributed by atoms with Gasteiger partial charge in [-0.25, -0.2) is 5.43 Å². The summed E-state index contributed by atoms with van der Waals surface area (Å²) < 4.78 is 10.5. The normalized spacial score (nSPS) is 16.6. The van der Waals surface area contributed by atoms with E-state index in [4.69, 9.17) is 15.2 Å². The quantitative estimate of drug-likeness (QED) is 0.340. The second-order valence-electron chi connectivity index (χ2n) is 5.37. The fourth-order valence-corrected chi connectivity index (χ4v) is 2.11. The van der Waals surface area contributed by atoms with Crippen LogP contribution in [-0.2, 0) is 19.1 Å². The number of ether oxygens (including phenoxy) is 2. The molecule has 1 aromatic rings. The van der Waals surface area contributed by atoms with Crippen molar-refractivity contribution < 1.29 is 23.9 Å². The van der Waals surface area contributed by atoms with Crippen LogP contribution in [0.5, 0.6) is 5.75 Å². The highest BCUT2D eigenvalue weighted by molar-refractivity contribution is 6.35. The Morgan fingerprint density at radius 3 is 2.68 bits per heavy atom. The highest BCUT2D eigenvalue weighted by Gasteiger charge is 2.18. The first-order valence-corrected chi connectivity index (χ1v) is 7.78. The summed E-state index contributed by atoms with van der Waals surface area (Å²) in [7, 11) is 0. The molecule has 1 fully saturated rings. The van der Waals surface area contributed by atoms with E-state index >= 15 is 0 Å². The zero-order valence-electron chi connectivity index (χ0n) is 13.6. The Morgan fingerprint density at radius 1 is 1.28 bits per heavy atom. The van der Waals surface area contributed by atoms with Gasteiger partial charge in [0.05, 0.1) is 12.3 Å². The Hall–Kier alpha value is -2.94. The first kappa shape index (κ1) is 18.4. The SMILES string of the molecule is NC(=O)COc1ccc(/C=N/NC(=O)C(=O)NCC2CCCO2)cc1. The van der Waals surface area contributed by atoms with Gasteiger partial charge < -0.3 is 20.5 Å². The number of nitrogens with one attached hydrogen (secondary N) is 2. The van der Waals surface area contributed by atoms with Gasteiger partial charge in [-0.3, -0.25) is 14.4 Å². The van der Waals surface area contributed by atoms with Crippen molar-refractivity contribution in [2.45, 2.75) is 18.9 Å². The molecule has 1 saturated heterocycles. The number of nitrogens with two attached hydrogens (primary N) is 1. The average Bonchev–Trinajstić information content (AvgIpc) is 3.12. The predicted molar refractivity (Wildman–Crippen MR) is 88.9 cm³/mol. The van der Waals surface area contributed by atoms with Crippen molar-refractivity contribution >= 4 is 23.9 Å². The second kappa shape index (κ2) is 9.38. The molecule has 0 spiro atoms. The maximum atomic E-state index is 11.6. The number of carbonyl (C=O) groups excluding carboxylic acids is 3. The van der Waals surface area contributed by atoms with Crippen LogP contribution >= 0.6 is 0 Å². The van der Waals surface area contributed by atoms with Gasteiger partial charge in [-0.05, 0) is 42.7 Å². The van der Waals surface area contributed by atoms with Crippen LogP contribution in [0.3, 0.4) is 0 Å². The van der Waals surface area contributed by atoms with E-state index in [9.17, 15) is 14.4 Å². The van der Waals surface area contributed by atoms with Crippen LogP contribution in [-0.4, -0.2) is 49.8 Å². The van der Waals surface area contributed by atoms with Gasteiger partial charge in [-0.15, -0.1) is 0 Å². The lowest BCUT2D eigenvalue weighted by molar-refractivity contribution is -0.139. The number of hydrogen-bond acceptors (Lipinski definition) is 6. The molecule has 1 aromatic carbocycles. The van der Waals surface area contributed by atoms with Crippen LogP contribution in [0.25, 0.3) is 0 Å². The van der Waals surface area contributed by atoms with E-state index in [1.54, 1.807) is 24.3 Å². The fourth-order valence-electron chi connectivity index (χ4n) is 2.11. The number of amides is 3. The van der Waals surface area contributed by atoms with Crippen LogP contribution in [0.1, 0.15) is 18.4 Å². The molecule has 0 bridgehead atoms. The summed E-state index contributed by atoms with van der Waals surface area (Å²) in [5.41, 5.74) is 7.80. The number of primary amides is 1. The Balaban J connectivity index is 1.72. The summed E-state index contributed by atoms with van der Waals surface area (Å²) in [5.74, 6) is -1.70. The van der Waals surface area contributed by atoms with Crippen molar-refractivity contribution in [3.63, 3.8) is 0 Å². The van der Waals surface area contributed by atoms with Crippen LogP contribution < -0.4 is 21.2 Å². The molecule has 1 aliphatic heterocycles. The summed E-state index contributed by atoms with van der Waals surface area (Å²) in [5, 5.41) is 6.21. The first-order valence-electron chi connectivity index (χ1n) is 7.78. The molecular weight excluding hydrogens is 328 g/mol. The maximum Gasteiger partial charge on any atom is 0.329 e. The van der Waals surface area contributed by atoms with Gasteiger partial charge in [0.1, 0.15) is 5.75 Å². The molecule has 25 heavy (non-hydrogen) atoms. The lowest BCUT2D eigenvalue weighted by Crippen LogP contribution is -2.41. The highest BCUT2D eigenvalue weighted by atomic mass is 16.5. The van der Waals surface area contributed by atoms with Crippen LogP contribution in [0.15, 0.2) is 29.4 Å². The van der Waals surface area contributed by atoms with Crippen molar-refractivity contribution in [2.75, 3.05) is 19.8 Å². The van der Waals surface area contributed by atoms with E-state index in [1.807, 2.05) is 0 Å². The van der Waals surface area contributed by atoms with E-state index in [1.165, 1.54) is 6.21 Å². The van der Waals surface area contributed by atoms with E-state index in [2.05, 4.69) is 15.8 Å². The van der Waals surface area contributed by atoms with Gasteiger partial charge in [-0.2, -0.15) is 5.10 Å². The maximum absolute atomic E-state index is 11.6. The van der Waals surface area contributed by atoms with Gasteiger partial charge in [0.15, 0.2) is 6.61 Å². The average molecular weight is 348 g/mol. The third-order valence-corrected chi connectivity index (χ3v) is 3.36. The standard InChI is InChI=1S/C16H20N4O5/c17-14(21)10-25-12-5-3-11(4-6-12)8-19-20-16(23)15(22)18-9-13-2-1-7-24-13/h3-6,8,13H,1-2,7,9-10H2,(H2,17,21)(H,18,22)(H,20,23)/b19-8+. The zero-order valence-corrected chi connectivity index (χ0v) is 13.6. The molecule has 0 aliphatic carbocycles. The molecule has 4 N–H and O–H groups in total. The van der Waals surface area contributed by atoms with E-state index in [0.717, 1.165) is 12.8 Å². The summed E-state index contributed by atoms with van der Waals surface area (Å²) in [6.45, 7) is 0.788. The topological polar surface area (TPSA) is 132 Å². The van der Waals surface area contributed by atoms with Crippen molar-refractivity contribution in [1.29, 1.82) is 0 Å². The Bertz CT molecular complexity index is 638. The molecule has 3 amide bonds. The Morgan fingerprint density at radius 2 is 2.04 bits per heavy atom. The predicted octanol–water partition coefficient (Wildman–Crippen LogP) is -0.704. The minimum absolute atomic E-state index is 0.0319. The molecule has 0 saturated carbocycles. The molecular formula is C16H20N4O5. The number of benzene rings is 1. The lowest BCUT2D eigenvalue weighted by atomic mass is 10.2.